The Morgan fingerprint density at radius 3 is 2.78 bits per heavy atom. The molecule has 1 aromatic carbocycles. The minimum absolute atomic E-state index is 0.525. The van der Waals surface area contributed by atoms with Crippen LogP contribution in [0, 0.1) is 6.92 Å². The van der Waals surface area contributed by atoms with Crippen LogP contribution >= 0.6 is 11.5 Å². The number of aromatic nitrogens is 4. The molecule has 0 unspecified atom stereocenters. The molecule has 6 heteroatoms. The molecule has 0 bridgehead atoms. The van der Waals surface area contributed by atoms with Gasteiger partial charge in [-0.25, -0.2) is 0 Å². The SMILES string of the molecule is Cc1n[nH]cc1-c1nsc(Oc2ccccc2)n1. The summed E-state index contributed by atoms with van der Waals surface area (Å²) in [6.07, 6.45) is 1.78. The number of benzene rings is 1. The van der Waals surface area contributed by atoms with Crippen molar-refractivity contribution < 1.29 is 4.74 Å². The van der Waals surface area contributed by atoms with E-state index in [1.54, 1.807) is 6.20 Å². The maximum Gasteiger partial charge on any atom is 0.299 e. The van der Waals surface area contributed by atoms with Crippen molar-refractivity contribution in [2.75, 3.05) is 0 Å². The van der Waals surface area contributed by atoms with E-state index in [9.17, 15) is 0 Å². The fourth-order valence-corrected chi connectivity index (χ4v) is 2.10. The van der Waals surface area contributed by atoms with Gasteiger partial charge in [0.25, 0.3) is 5.19 Å². The summed E-state index contributed by atoms with van der Waals surface area (Å²) in [5.41, 5.74) is 1.77. The molecule has 18 heavy (non-hydrogen) atoms. The van der Waals surface area contributed by atoms with Crippen LogP contribution in [0.3, 0.4) is 0 Å². The first kappa shape index (κ1) is 10.9. The van der Waals surface area contributed by atoms with Crippen LogP contribution in [0.15, 0.2) is 36.5 Å². The predicted molar refractivity (Wildman–Crippen MR) is 68.7 cm³/mol. The molecular formula is C12H10N4OS. The van der Waals surface area contributed by atoms with E-state index < -0.39 is 0 Å². The fourth-order valence-electron chi connectivity index (χ4n) is 1.53. The molecule has 3 rings (SSSR count). The molecule has 0 amide bonds. The lowest BCUT2D eigenvalue weighted by molar-refractivity contribution is 0.479. The van der Waals surface area contributed by atoms with E-state index in [1.807, 2.05) is 37.3 Å². The van der Waals surface area contributed by atoms with E-state index in [1.165, 1.54) is 11.5 Å². The van der Waals surface area contributed by atoms with Gasteiger partial charge in [-0.05, 0) is 19.1 Å². The number of nitrogens with zero attached hydrogens (tertiary/aromatic N) is 3. The van der Waals surface area contributed by atoms with Crippen molar-refractivity contribution in [2.24, 2.45) is 0 Å². The van der Waals surface area contributed by atoms with Gasteiger partial charge in [-0.1, -0.05) is 18.2 Å². The number of para-hydroxylation sites is 1. The highest BCUT2D eigenvalue weighted by atomic mass is 32.1. The fraction of sp³-hybridized carbons (Fsp3) is 0.0833. The maximum absolute atomic E-state index is 5.61. The van der Waals surface area contributed by atoms with Gasteiger partial charge in [0.2, 0.25) is 0 Å². The maximum atomic E-state index is 5.61. The number of hydrogen-bond donors (Lipinski definition) is 1. The third-order valence-corrected chi connectivity index (χ3v) is 3.02. The number of ether oxygens (including phenoxy) is 1. The zero-order chi connectivity index (χ0) is 12.4. The van der Waals surface area contributed by atoms with Crippen molar-refractivity contribution in [3.8, 4) is 22.3 Å². The molecule has 90 valence electrons. The Labute approximate surface area is 108 Å². The van der Waals surface area contributed by atoms with Gasteiger partial charge in [0.15, 0.2) is 5.82 Å². The smallest absolute Gasteiger partial charge is 0.299 e. The molecule has 2 aromatic heterocycles. The molecule has 0 radical (unpaired) electrons. The summed E-state index contributed by atoms with van der Waals surface area (Å²) in [6.45, 7) is 1.91. The van der Waals surface area contributed by atoms with Crippen LogP contribution in [0.4, 0.5) is 0 Å². The van der Waals surface area contributed by atoms with E-state index >= 15 is 0 Å². The molecule has 2 heterocycles. The quantitative estimate of drug-likeness (QED) is 0.784. The predicted octanol–water partition coefficient (Wildman–Crippen LogP) is 3.03. The number of nitrogens with one attached hydrogen (secondary N) is 1. The Morgan fingerprint density at radius 1 is 1.22 bits per heavy atom. The monoisotopic (exact) mass is 258 g/mol. The lowest BCUT2D eigenvalue weighted by Crippen LogP contribution is -1.84. The highest BCUT2D eigenvalue weighted by molar-refractivity contribution is 7.07. The van der Waals surface area contributed by atoms with Crippen molar-refractivity contribution in [3.63, 3.8) is 0 Å². The summed E-state index contributed by atoms with van der Waals surface area (Å²) in [4.78, 5) is 4.33. The van der Waals surface area contributed by atoms with Crippen LogP contribution in [0.25, 0.3) is 11.4 Å². The first-order chi connectivity index (χ1) is 8.83. The average molecular weight is 258 g/mol. The molecule has 0 spiro atoms. The molecule has 0 aliphatic carbocycles. The van der Waals surface area contributed by atoms with Crippen LogP contribution in [-0.4, -0.2) is 19.6 Å². The summed E-state index contributed by atoms with van der Waals surface area (Å²) >= 11 is 1.23. The highest BCUT2D eigenvalue weighted by Crippen LogP contribution is 2.27. The first-order valence-electron chi connectivity index (χ1n) is 5.40. The molecule has 0 saturated heterocycles. The van der Waals surface area contributed by atoms with E-state index in [0.717, 1.165) is 17.0 Å². The summed E-state index contributed by atoms with van der Waals surface area (Å²) in [7, 11) is 0. The van der Waals surface area contributed by atoms with Crippen molar-refractivity contribution in [1.82, 2.24) is 19.6 Å². The van der Waals surface area contributed by atoms with Crippen molar-refractivity contribution in [3.05, 3.63) is 42.2 Å². The molecule has 0 fully saturated rings. The van der Waals surface area contributed by atoms with Crippen LogP contribution in [0.1, 0.15) is 5.69 Å². The molecular weight excluding hydrogens is 248 g/mol. The number of aryl methyl sites for hydroxylation is 1. The van der Waals surface area contributed by atoms with Gasteiger partial charge in [-0.15, -0.1) is 0 Å². The Bertz CT molecular complexity index is 647. The molecule has 0 aliphatic rings. The summed E-state index contributed by atoms with van der Waals surface area (Å²) in [6, 6.07) is 9.52. The lowest BCUT2D eigenvalue weighted by Gasteiger charge is -1.98. The number of H-pyrrole nitrogens is 1. The molecule has 0 atom stereocenters. The van der Waals surface area contributed by atoms with E-state index in [2.05, 4.69) is 19.6 Å². The van der Waals surface area contributed by atoms with Crippen molar-refractivity contribution in [2.45, 2.75) is 6.92 Å². The van der Waals surface area contributed by atoms with Gasteiger partial charge in [0.1, 0.15) is 5.75 Å². The minimum Gasteiger partial charge on any atom is -0.430 e. The van der Waals surface area contributed by atoms with Crippen LogP contribution in [0.2, 0.25) is 0 Å². The Kier molecular flexibility index (Phi) is 2.77. The zero-order valence-electron chi connectivity index (χ0n) is 9.62. The number of rotatable bonds is 3. The van der Waals surface area contributed by atoms with Crippen LogP contribution < -0.4 is 4.74 Å². The Morgan fingerprint density at radius 2 is 2.06 bits per heavy atom. The minimum atomic E-state index is 0.525. The zero-order valence-corrected chi connectivity index (χ0v) is 10.4. The number of aromatic amines is 1. The van der Waals surface area contributed by atoms with Gasteiger partial charge < -0.3 is 4.74 Å². The van der Waals surface area contributed by atoms with Gasteiger partial charge in [0, 0.05) is 17.7 Å². The summed E-state index contributed by atoms with van der Waals surface area (Å²) < 4.78 is 9.87. The second-order valence-corrected chi connectivity index (χ2v) is 4.40. The summed E-state index contributed by atoms with van der Waals surface area (Å²) in [5, 5.41) is 7.36. The molecule has 1 N–H and O–H groups in total. The molecule has 5 nitrogen and oxygen atoms in total. The standard InChI is InChI=1S/C12H10N4OS/c1-8-10(7-13-15-8)11-14-12(18-16-11)17-9-5-3-2-4-6-9/h2-7H,1H3,(H,13,15). The molecule has 0 saturated carbocycles. The average Bonchev–Trinajstić information content (AvgIpc) is 2.99. The van der Waals surface area contributed by atoms with Gasteiger partial charge >= 0.3 is 0 Å². The van der Waals surface area contributed by atoms with E-state index in [-0.39, 0.29) is 0 Å². The normalized spacial score (nSPS) is 10.5. The second kappa shape index (κ2) is 4.58. The van der Waals surface area contributed by atoms with Crippen LogP contribution in [0.5, 0.6) is 10.9 Å². The van der Waals surface area contributed by atoms with Crippen molar-refractivity contribution in [1.29, 1.82) is 0 Å². The van der Waals surface area contributed by atoms with Crippen molar-refractivity contribution >= 4 is 11.5 Å². The summed E-state index contributed by atoms with van der Waals surface area (Å²) in [5.74, 6) is 1.39. The van der Waals surface area contributed by atoms with Gasteiger partial charge in [-0.3, -0.25) is 5.10 Å². The third-order valence-electron chi connectivity index (χ3n) is 2.43. The first-order valence-corrected chi connectivity index (χ1v) is 6.17. The molecule has 3 aromatic rings. The van der Waals surface area contributed by atoms with E-state index in [0.29, 0.717) is 11.0 Å². The number of hydrogen-bond acceptors (Lipinski definition) is 5. The topological polar surface area (TPSA) is 63.7 Å². The molecule has 0 aliphatic heterocycles. The van der Waals surface area contributed by atoms with Crippen LogP contribution in [-0.2, 0) is 0 Å². The Hall–Kier alpha value is -2.21. The van der Waals surface area contributed by atoms with Gasteiger partial charge in [-0.2, -0.15) is 14.5 Å². The van der Waals surface area contributed by atoms with E-state index in [4.69, 9.17) is 4.74 Å². The lowest BCUT2D eigenvalue weighted by atomic mass is 10.2. The van der Waals surface area contributed by atoms with Gasteiger partial charge in [0.05, 0.1) is 11.3 Å². The Balaban J connectivity index is 1.84. The second-order valence-electron chi connectivity index (χ2n) is 3.68. The third kappa shape index (κ3) is 2.10. The highest BCUT2D eigenvalue weighted by Gasteiger charge is 2.11. The largest absolute Gasteiger partial charge is 0.430 e.